The maximum Gasteiger partial charge on any atom is 0.247 e. The lowest BCUT2D eigenvalue weighted by Gasteiger charge is -2.36. The Morgan fingerprint density at radius 1 is 0.897 bits per heavy atom. The third kappa shape index (κ3) is 6.68. The third-order valence-corrected chi connectivity index (χ3v) is 7.23. The average Bonchev–Trinajstić information content (AvgIpc) is 2.99. The highest BCUT2D eigenvalue weighted by atomic mass is 16.2. The highest BCUT2D eigenvalue weighted by Crippen LogP contribution is 2.23. The SMILES string of the molecule is Cc1ccc(C=CC(=O)N(Cc2cccnc2)[C@@H](Cc2ccccc2)C(=O)N2CCc3ccccc3C2)cc1. The number of pyridine rings is 1. The first-order valence-corrected chi connectivity index (χ1v) is 13.4. The van der Waals surface area contributed by atoms with E-state index in [1.807, 2.05) is 96.8 Å². The molecule has 1 aromatic heterocycles. The summed E-state index contributed by atoms with van der Waals surface area (Å²) < 4.78 is 0. The second kappa shape index (κ2) is 12.4. The average molecular weight is 516 g/mol. The maximum absolute atomic E-state index is 14.3. The molecule has 1 aliphatic heterocycles. The number of nitrogens with zero attached hydrogens (tertiary/aromatic N) is 3. The monoisotopic (exact) mass is 515 g/mol. The zero-order valence-electron chi connectivity index (χ0n) is 22.2. The number of carbonyl (C=O) groups excluding carboxylic acids is 2. The van der Waals surface area contributed by atoms with Gasteiger partial charge in [0, 0.05) is 44.5 Å². The first-order chi connectivity index (χ1) is 19.1. The van der Waals surface area contributed by atoms with E-state index in [1.54, 1.807) is 23.4 Å². The Kier molecular flexibility index (Phi) is 8.27. The summed E-state index contributed by atoms with van der Waals surface area (Å²) in [4.78, 5) is 36.0. The van der Waals surface area contributed by atoms with Gasteiger partial charge >= 0.3 is 0 Å². The van der Waals surface area contributed by atoms with Crippen LogP contribution in [0.1, 0.15) is 33.4 Å². The molecule has 39 heavy (non-hydrogen) atoms. The number of amides is 2. The van der Waals surface area contributed by atoms with Crippen molar-refractivity contribution in [2.45, 2.75) is 38.9 Å². The van der Waals surface area contributed by atoms with Gasteiger partial charge in [0.05, 0.1) is 0 Å². The lowest BCUT2D eigenvalue weighted by molar-refractivity contribution is -0.144. The summed E-state index contributed by atoms with van der Waals surface area (Å²) in [6, 6.07) is 29.4. The van der Waals surface area contributed by atoms with Crippen molar-refractivity contribution in [3.63, 3.8) is 0 Å². The van der Waals surface area contributed by atoms with Gasteiger partial charge in [-0.05, 0) is 53.3 Å². The van der Waals surface area contributed by atoms with Gasteiger partial charge in [0.2, 0.25) is 11.8 Å². The van der Waals surface area contributed by atoms with Crippen LogP contribution in [0.4, 0.5) is 0 Å². The van der Waals surface area contributed by atoms with Crippen LogP contribution in [-0.4, -0.2) is 39.2 Å². The van der Waals surface area contributed by atoms with Gasteiger partial charge in [-0.1, -0.05) is 90.5 Å². The van der Waals surface area contributed by atoms with Crippen molar-refractivity contribution in [3.8, 4) is 0 Å². The zero-order chi connectivity index (χ0) is 27.0. The van der Waals surface area contributed by atoms with Gasteiger partial charge < -0.3 is 9.80 Å². The van der Waals surface area contributed by atoms with Crippen LogP contribution in [0.3, 0.4) is 0 Å². The minimum absolute atomic E-state index is 0.0330. The second-order valence-corrected chi connectivity index (χ2v) is 10.1. The molecule has 2 heterocycles. The summed E-state index contributed by atoms with van der Waals surface area (Å²) in [5.74, 6) is -0.236. The molecule has 196 valence electrons. The molecule has 0 saturated heterocycles. The molecule has 0 radical (unpaired) electrons. The maximum atomic E-state index is 14.3. The molecule has 2 amide bonds. The quantitative estimate of drug-likeness (QED) is 0.286. The topological polar surface area (TPSA) is 53.5 Å². The van der Waals surface area contributed by atoms with Crippen LogP contribution in [0.2, 0.25) is 0 Å². The van der Waals surface area contributed by atoms with Gasteiger partial charge in [0.25, 0.3) is 0 Å². The number of hydrogen-bond acceptors (Lipinski definition) is 3. The number of fused-ring (bicyclic) bond motifs is 1. The Morgan fingerprint density at radius 2 is 1.62 bits per heavy atom. The van der Waals surface area contributed by atoms with E-state index in [-0.39, 0.29) is 11.8 Å². The molecule has 0 bridgehead atoms. The zero-order valence-corrected chi connectivity index (χ0v) is 22.2. The first kappa shape index (κ1) is 26.1. The van der Waals surface area contributed by atoms with E-state index in [9.17, 15) is 9.59 Å². The first-order valence-electron chi connectivity index (χ1n) is 13.4. The van der Waals surface area contributed by atoms with Crippen LogP contribution in [-0.2, 0) is 35.5 Å². The van der Waals surface area contributed by atoms with E-state index in [1.165, 1.54) is 11.1 Å². The van der Waals surface area contributed by atoms with Gasteiger partial charge in [-0.3, -0.25) is 14.6 Å². The van der Waals surface area contributed by atoms with Gasteiger partial charge in [-0.2, -0.15) is 0 Å². The summed E-state index contributed by atoms with van der Waals surface area (Å²) in [7, 11) is 0. The predicted molar refractivity (Wildman–Crippen MR) is 154 cm³/mol. The van der Waals surface area contributed by atoms with Gasteiger partial charge in [-0.15, -0.1) is 0 Å². The fourth-order valence-corrected chi connectivity index (χ4v) is 5.03. The molecule has 0 aliphatic carbocycles. The van der Waals surface area contributed by atoms with Crippen LogP contribution in [0.5, 0.6) is 0 Å². The number of aromatic nitrogens is 1. The number of rotatable bonds is 8. The molecule has 0 fully saturated rings. The van der Waals surface area contributed by atoms with Gasteiger partial charge in [0.15, 0.2) is 0 Å². The number of carbonyl (C=O) groups is 2. The minimum atomic E-state index is -0.659. The number of benzene rings is 3. The van der Waals surface area contributed by atoms with E-state index < -0.39 is 6.04 Å². The van der Waals surface area contributed by atoms with Crippen LogP contribution in [0, 0.1) is 6.92 Å². The predicted octanol–water partition coefficient (Wildman–Crippen LogP) is 5.63. The van der Waals surface area contributed by atoms with Crippen molar-refractivity contribution >= 4 is 17.9 Å². The normalized spacial score (nSPS) is 13.6. The Hall–Kier alpha value is -4.51. The van der Waals surface area contributed by atoms with Crippen molar-refractivity contribution in [1.82, 2.24) is 14.8 Å². The molecule has 5 rings (SSSR count). The summed E-state index contributed by atoms with van der Waals surface area (Å²) in [6.45, 7) is 3.51. The summed E-state index contributed by atoms with van der Waals surface area (Å²) in [6.07, 6.45) is 8.11. The smallest absolute Gasteiger partial charge is 0.247 e. The largest absolute Gasteiger partial charge is 0.336 e. The third-order valence-electron chi connectivity index (χ3n) is 7.23. The number of hydrogen-bond donors (Lipinski definition) is 0. The molecule has 0 N–H and O–H groups in total. The molecular weight excluding hydrogens is 482 g/mol. The second-order valence-electron chi connectivity index (χ2n) is 10.1. The van der Waals surface area contributed by atoms with E-state index in [0.717, 1.165) is 28.7 Å². The lowest BCUT2D eigenvalue weighted by atomic mass is 9.97. The van der Waals surface area contributed by atoms with Gasteiger partial charge in [0.1, 0.15) is 6.04 Å². The summed E-state index contributed by atoms with van der Waals surface area (Å²) in [5.41, 5.74) is 6.44. The van der Waals surface area contributed by atoms with Crippen LogP contribution >= 0.6 is 0 Å². The van der Waals surface area contributed by atoms with Crippen molar-refractivity contribution in [2.75, 3.05) is 6.54 Å². The Balaban J connectivity index is 1.48. The molecular formula is C34H33N3O2. The molecule has 0 spiro atoms. The molecule has 3 aromatic carbocycles. The van der Waals surface area contributed by atoms with Crippen molar-refractivity contribution in [2.24, 2.45) is 0 Å². The molecule has 5 heteroatoms. The molecule has 1 aliphatic rings. The van der Waals surface area contributed by atoms with Crippen molar-refractivity contribution in [3.05, 3.63) is 143 Å². The van der Waals surface area contributed by atoms with Crippen molar-refractivity contribution < 1.29 is 9.59 Å². The highest BCUT2D eigenvalue weighted by Gasteiger charge is 2.34. The van der Waals surface area contributed by atoms with Crippen molar-refractivity contribution in [1.29, 1.82) is 0 Å². The van der Waals surface area contributed by atoms with E-state index in [0.29, 0.717) is 26.1 Å². The van der Waals surface area contributed by atoms with E-state index in [4.69, 9.17) is 0 Å². The fraction of sp³-hybridized carbons (Fsp3) is 0.206. The van der Waals surface area contributed by atoms with Crippen LogP contribution in [0.15, 0.2) is 109 Å². The Bertz CT molecular complexity index is 1430. The van der Waals surface area contributed by atoms with Gasteiger partial charge in [-0.25, -0.2) is 0 Å². The van der Waals surface area contributed by atoms with E-state index >= 15 is 0 Å². The molecule has 0 unspecified atom stereocenters. The Labute approximate surface area is 230 Å². The minimum Gasteiger partial charge on any atom is -0.336 e. The van der Waals surface area contributed by atoms with Crippen LogP contribution in [0.25, 0.3) is 6.08 Å². The standard InChI is InChI=1S/C34H33N3O2/c1-26-13-15-27(16-14-26)17-18-33(38)37(24-29-10-7-20-35-23-29)32(22-28-8-3-2-4-9-28)34(39)36-21-19-30-11-5-6-12-31(30)25-36/h2-18,20,23,32H,19,21-22,24-25H2,1H3/t32-/m0/s1. The molecule has 0 saturated carbocycles. The van der Waals surface area contributed by atoms with E-state index in [2.05, 4.69) is 17.1 Å². The van der Waals surface area contributed by atoms with Crippen LogP contribution < -0.4 is 0 Å². The Morgan fingerprint density at radius 3 is 2.36 bits per heavy atom. The molecule has 1 atom stereocenters. The fourth-order valence-electron chi connectivity index (χ4n) is 5.03. The highest BCUT2D eigenvalue weighted by molar-refractivity contribution is 5.95. The summed E-state index contributed by atoms with van der Waals surface area (Å²) in [5, 5.41) is 0. The number of aryl methyl sites for hydroxylation is 1. The summed E-state index contributed by atoms with van der Waals surface area (Å²) >= 11 is 0. The molecule has 4 aromatic rings. The lowest BCUT2D eigenvalue weighted by Crippen LogP contribution is -2.52. The molecule has 5 nitrogen and oxygen atoms in total.